The van der Waals surface area contributed by atoms with Crippen LogP contribution in [0.4, 0.5) is 4.39 Å². The molecule has 0 unspecified atom stereocenters. The molecule has 1 fully saturated rings. The Bertz CT molecular complexity index is 949. The smallest absolute Gasteiger partial charge is 0.268 e. The maximum absolute atomic E-state index is 13.7. The van der Waals surface area contributed by atoms with Gasteiger partial charge in [0.15, 0.2) is 0 Å². The number of nitrogens with one attached hydrogen (secondary N) is 1. The molecule has 4 rings (SSSR count). The van der Waals surface area contributed by atoms with Crippen LogP contribution in [-0.4, -0.2) is 19.7 Å². The summed E-state index contributed by atoms with van der Waals surface area (Å²) < 4.78 is 15.1. The van der Waals surface area contributed by atoms with Crippen molar-refractivity contribution in [1.29, 1.82) is 0 Å². The standard InChI is InChI=1S/C15H13ClFN5O/c16-12-8(17)3-4-9-11(12)15(23)22(10-5-6-19-21-10)14(20-9)13(18)7-1-2-7/h3-7,13H,1-2,18H2,(H,19,21)/t13-/m0/s1. The number of hydrogen-bond donors (Lipinski definition) is 2. The molecule has 2 heterocycles. The first-order chi connectivity index (χ1) is 11.1. The second-order valence-corrected chi connectivity index (χ2v) is 6.05. The third-order valence-corrected chi connectivity index (χ3v) is 4.48. The summed E-state index contributed by atoms with van der Waals surface area (Å²) in [7, 11) is 0. The highest BCUT2D eigenvalue weighted by Crippen LogP contribution is 2.39. The van der Waals surface area contributed by atoms with Crippen LogP contribution in [0.5, 0.6) is 0 Å². The van der Waals surface area contributed by atoms with E-state index in [0.29, 0.717) is 23.1 Å². The minimum absolute atomic E-state index is 0.0352. The van der Waals surface area contributed by atoms with Crippen LogP contribution in [0.15, 0.2) is 29.2 Å². The van der Waals surface area contributed by atoms with Crippen molar-refractivity contribution < 1.29 is 4.39 Å². The van der Waals surface area contributed by atoms with Crippen molar-refractivity contribution >= 4 is 22.5 Å². The van der Waals surface area contributed by atoms with Gasteiger partial charge in [0.2, 0.25) is 0 Å². The Morgan fingerprint density at radius 3 is 2.83 bits per heavy atom. The highest BCUT2D eigenvalue weighted by molar-refractivity contribution is 6.35. The van der Waals surface area contributed by atoms with E-state index in [2.05, 4.69) is 15.2 Å². The van der Waals surface area contributed by atoms with E-state index in [1.165, 1.54) is 22.9 Å². The summed E-state index contributed by atoms with van der Waals surface area (Å²) in [5, 5.41) is 6.39. The first-order valence-electron chi connectivity index (χ1n) is 7.24. The van der Waals surface area contributed by atoms with Gasteiger partial charge in [0.05, 0.1) is 28.2 Å². The minimum Gasteiger partial charge on any atom is -0.321 e. The Balaban J connectivity index is 2.09. The SMILES string of the molecule is N[C@H](c1nc2ccc(F)c(Cl)c2c(=O)n1-c1ccn[nH]1)C1CC1. The topological polar surface area (TPSA) is 89.6 Å². The molecule has 0 radical (unpaired) electrons. The average Bonchev–Trinajstić information content (AvgIpc) is 3.25. The number of aromatic nitrogens is 4. The summed E-state index contributed by atoms with van der Waals surface area (Å²) >= 11 is 5.99. The maximum atomic E-state index is 13.7. The Hall–Kier alpha value is -2.25. The fraction of sp³-hybridized carbons (Fsp3) is 0.267. The zero-order valence-corrected chi connectivity index (χ0v) is 12.7. The van der Waals surface area contributed by atoms with E-state index in [4.69, 9.17) is 17.3 Å². The molecule has 0 saturated heterocycles. The number of nitrogens with two attached hydrogens (primary N) is 1. The van der Waals surface area contributed by atoms with Crippen LogP contribution >= 0.6 is 11.6 Å². The normalized spacial score (nSPS) is 16.0. The zero-order valence-electron chi connectivity index (χ0n) is 12.0. The Morgan fingerprint density at radius 2 is 2.17 bits per heavy atom. The molecule has 3 aromatic rings. The van der Waals surface area contributed by atoms with Crippen LogP contribution in [0.3, 0.4) is 0 Å². The van der Waals surface area contributed by atoms with E-state index in [0.717, 1.165) is 12.8 Å². The van der Waals surface area contributed by atoms with Gasteiger partial charge in [-0.3, -0.25) is 9.89 Å². The number of H-pyrrole nitrogens is 1. The highest BCUT2D eigenvalue weighted by atomic mass is 35.5. The van der Waals surface area contributed by atoms with E-state index in [1.807, 2.05) is 0 Å². The summed E-state index contributed by atoms with van der Waals surface area (Å²) in [6.07, 6.45) is 3.52. The molecular weight excluding hydrogens is 321 g/mol. The molecule has 2 aromatic heterocycles. The quantitative estimate of drug-likeness (QED) is 0.769. The van der Waals surface area contributed by atoms with Crippen LogP contribution in [0.1, 0.15) is 24.7 Å². The number of hydrogen-bond acceptors (Lipinski definition) is 4. The lowest BCUT2D eigenvalue weighted by atomic mass is 10.1. The lowest BCUT2D eigenvalue weighted by Gasteiger charge is -2.17. The predicted octanol–water partition coefficient (Wildman–Crippen LogP) is 2.31. The van der Waals surface area contributed by atoms with E-state index >= 15 is 0 Å². The van der Waals surface area contributed by atoms with Crippen molar-refractivity contribution in [1.82, 2.24) is 19.7 Å². The van der Waals surface area contributed by atoms with Crippen LogP contribution in [0, 0.1) is 11.7 Å². The second-order valence-electron chi connectivity index (χ2n) is 5.67. The third-order valence-electron chi connectivity index (χ3n) is 4.11. The lowest BCUT2D eigenvalue weighted by Crippen LogP contribution is -2.30. The van der Waals surface area contributed by atoms with Gasteiger partial charge in [-0.2, -0.15) is 5.10 Å². The molecule has 0 amide bonds. The van der Waals surface area contributed by atoms with E-state index in [1.54, 1.807) is 6.07 Å². The first kappa shape index (κ1) is 14.3. The van der Waals surface area contributed by atoms with Gasteiger partial charge >= 0.3 is 0 Å². The zero-order chi connectivity index (χ0) is 16.1. The van der Waals surface area contributed by atoms with Crippen molar-refractivity contribution in [3.8, 4) is 5.82 Å². The maximum Gasteiger partial charge on any atom is 0.268 e. The number of aromatic amines is 1. The molecule has 0 aliphatic heterocycles. The minimum atomic E-state index is -0.659. The Morgan fingerprint density at radius 1 is 1.39 bits per heavy atom. The van der Waals surface area contributed by atoms with Gasteiger partial charge in [0, 0.05) is 6.07 Å². The number of rotatable bonds is 3. The highest BCUT2D eigenvalue weighted by Gasteiger charge is 2.33. The summed E-state index contributed by atoms with van der Waals surface area (Å²) in [6.45, 7) is 0. The van der Waals surface area contributed by atoms with E-state index < -0.39 is 11.4 Å². The van der Waals surface area contributed by atoms with Gasteiger partial charge in [-0.1, -0.05) is 11.6 Å². The Kier molecular flexibility index (Phi) is 3.21. The lowest BCUT2D eigenvalue weighted by molar-refractivity contribution is 0.570. The number of fused-ring (bicyclic) bond motifs is 1. The molecule has 0 bridgehead atoms. The molecule has 3 N–H and O–H groups in total. The van der Waals surface area contributed by atoms with Crippen molar-refractivity contribution in [3.63, 3.8) is 0 Å². The van der Waals surface area contributed by atoms with Gasteiger partial charge < -0.3 is 5.73 Å². The van der Waals surface area contributed by atoms with Gasteiger partial charge in [0.1, 0.15) is 17.5 Å². The molecular formula is C15H13ClFN5O. The average molecular weight is 334 g/mol. The predicted molar refractivity (Wildman–Crippen MR) is 84.1 cm³/mol. The third kappa shape index (κ3) is 2.24. The fourth-order valence-corrected chi connectivity index (χ4v) is 2.96. The molecule has 1 atom stereocenters. The van der Waals surface area contributed by atoms with E-state index in [9.17, 15) is 9.18 Å². The molecule has 1 aliphatic carbocycles. The van der Waals surface area contributed by atoms with Crippen LogP contribution in [0.2, 0.25) is 5.02 Å². The number of halogens is 2. The molecule has 1 aliphatic rings. The molecule has 118 valence electrons. The van der Waals surface area contributed by atoms with Crippen molar-refractivity contribution in [3.05, 3.63) is 51.4 Å². The van der Waals surface area contributed by atoms with Crippen LogP contribution in [-0.2, 0) is 0 Å². The molecule has 6 nitrogen and oxygen atoms in total. The van der Waals surface area contributed by atoms with Gasteiger partial charge in [0.25, 0.3) is 5.56 Å². The first-order valence-corrected chi connectivity index (χ1v) is 7.61. The number of benzene rings is 1. The van der Waals surface area contributed by atoms with Gasteiger partial charge in [-0.15, -0.1) is 0 Å². The second kappa shape index (κ2) is 5.14. The van der Waals surface area contributed by atoms with Crippen molar-refractivity contribution in [2.45, 2.75) is 18.9 Å². The van der Waals surface area contributed by atoms with Crippen molar-refractivity contribution in [2.24, 2.45) is 11.7 Å². The summed E-state index contributed by atoms with van der Waals surface area (Å²) in [6, 6.07) is 3.90. The number of nitrogens with zero attached hydrogens (tertiary/aromatic N) is 3. The van der Waals surface area contributed by atoms with Crippen LogP contribution < -0.4 is 11.3 Å². The molecule has 23 heavy (non-hydrogen) atoms. The fourth-order valence-electron chi connectivity index (χ4n) is 2.72. The molecule has 1 saturated carbocycles. The summed E-state index contributed by atoms with van der Waals surface area (Å²) in [5.74, 6) is 0.491. The van der Waals surface area contributed by atoms with Gasteiger partial charge in [-0.25, -0.2) is 13.9 Å². The summed E-state index contributed by atoms with van der Waals surface area (Å²) in [5.41, 5.74) is 6.14. The summed E-state index contributed by atoms with van der Waals surface area (Å²) in [4.78, 5) is 17.4. The monoisotopic (exact) mass is 333 g/mol. The van der Waals surface area contributed by atoms with Crippen molar-refractivity contribution in [2.75, 3.05) is 0 Å². The largest absolute Gasteiger partial charge is 0.321 e. The van der Waals surface area contributed by atoms with Crippen LogP contribution in [0.25, 0.3) is 16.7 Å². The van der Waals surface area contributed by atoms with Gasteiger partial charge in [-0.05, 0) is 30.9 Å². The Labute approximate surface area is 135 Å². The molecule has 1 aromatic carbocycles. The van der Waals surface area contributed by atoms with E-state index in [-0.39, 0.29) is 16.5 Å². The molecule has 8 heteroatoms. The molecule has 0 spiro atoms.